The summed E-state index contributed by atoms with van der Waals surface area (Å²) in [6.45, 7) is 1.10. The summed E-state index contributed by atoms with van der Waals surface area (Å²) in [6.07, 6.45) is 5.17. The van der Waals surface area contributed by atoms with E-state index in [9.17, 15) is 9.90 Å². The minimum Gasteiger partial charge on any atom is -0.478 e. The Labute approximate surface area is 123 Å². The average molecular weight is 282 g/mol. The van der Waals surface area contributed by atoms with E-state index in [0.717, 1.165) is 29.2 Å². The van der Waals surface area contributed by atoms with E-state index in [4.69, 9.17) is 4.98 Å². The summed E-state index contributed by atoms with van der Waals surface area (Å²) in [7, 11) is 0. The zero-order chi connectivity index (χ0) is 14.4. The Kier molecular flexibility index (Phi) is 2.84. The van der Waals surface area contributed by atoms with Crippen LogP contribution in [0.1, 0.15) is 36.0 Å². The maximum Gasteiger partial charge on any atom is 0.336 e. The molecule has 2 aliphatic carbocycles. The van der Waals surface area contributed by atoms with Crippen LogP contribution in [0.15, 0.2) is 30.3 Å². The summed E-state index contributed by atoms with van der Waals surface area (Å²) in [4.78, 5) is 18.4. The van der Waals surface area contributed by atoms with Gasteiger partial charge < -0.3 is 10.0 Å². The molecule has 0 saturated heterocycles. The minimum atomic E-state index is -0.896. The Morgan fingerprint density at radius 1 is 1.19 bits per heavy atom. The largest absolute Gasteiger partial charge is 0.478 e. The molecular formula is C17H18N2O2. The Balaban J connectivity index is 1.73. The van der Waals surface area contributed by atoms with Crippen LogP contribution in [0.5, 0.6) is 0 Å². The molecule has 2 fully saturated rings. The molecule has 0 atom stereocenters. The van der Waals surface area contributed by atoms with Crippen LogP contribution in [0.3, 0.4) is 0 Å². The summed E-state index contributed by atoms with van der Waals surface area (Å²) >= 11 is 0. The molecule has 4 rings (SSSR count). The predicted molar refractivity (Wildman–Crippen MR) is 81.8 cm³/mol. The average Bonchev–Trinajstić information content (AvgIpc) is 3.37. The van der Waals surface area contributed by atoms with Crippen molar-refractivity contribution in [1.82, 2.24) is 4.98 Å². The molecule has 0 amide bonds. The van der Waals surface area contributed by atoms with Crippen LogP contribution < -0.4 is 4.90 Å². The molecule has 2 aliphatic rings. The van der Waals surface area contributed by atoms with Crippen LogP contribution in [0.2, 0.25) is 0 Å². The van der Waals surface area contributed by atoms with Crippen molar-refractivity contribution in [2.24, 2.45) is 5.92 Å². The lowest BCUT2D eigenvalue weighted by Crippen LogP contribution is -2.28. The van der Waals surface area contributed by atoms with Gasteiger partial charge in [-0.15, -0.1) is 0 Å². The number of anilines is 1. The zero-order valence-corrected chi connectivity index (χ0v) is 11.8. The van der Waals surface area contributed by atoms with Gasteiger partial charge in [0.05, 0.1) is 11.1 Å². The number of carboxylic acids is 1. The highest BCUT2D eigenvalue weighted by molar-refractivity contribution is 6.02. The molecule has 4 nitrogen and oxygen atoms in total. The first-order valence-corrected chi connectivity index (χ1v) is 7.62. The highest BCUT2D eigenvalue weighted by Gasteiger charge is 2.34. The van der Waals surface area contributed by atoms with Crippen molar-refractivity contribution < 1.29 is 9.90 Å². The first kappa shape index (κ1) is 12.6. The molecule has 2 saturated carbocycles. The van der Waals surface area contributed by atoms with Crippen LogP contribution in [0, 0.1) is 5.92 Å². The van der Waals surface area contributed by atoms with Gasteiger partial charge in [0.1, 0.15) is 5.82 Å². The van der Waals surface area contributed by atoms with E-state index in [-0.39, 0.29) is 0 Å². The number of fused-ring (bicyclic) bond motifs is 1. The third-order valence-electron chi connectivity index (χ3n) is 4.38. The van der Waals surface area contributed by atoms with E-state index in [1.165, 1.54) is 25.7 Å². The molecule has 1 aromatic heterocycles. The van der Waals surface area contributed by atoms with E-state index in [1.54, 1.807) is 12.1 Å². The highest BCUT2D eigenvalue weighted by Crippen LogP contribution is 2.37. The minimum absolute atomic E-state index is 0.326. The normalized spacial score (nSPS) is 17.9. The maximum atomic E-state index is 11.3. The lowest BCUT2D eigenvalue weighted by atomic mass is 10.1. The van der Waals surface area contributed by atoms with Crippen LogP contribution in [0.4, 0.5) is 5.82 Å². The number of hydrogen-bond acceptors (Lipinski definition) is 3. The second-order valence-corrected chi connectivity index (χ2v) is 6.17. The fraction of sp³-hybridized carbons (Fsp3) is 0.412. The molecule has 4 heteroatoms. The summed E-state index contributed by atoms with van der Waals surface area (Å²) in [5.41, 5.74) is 1.10. The molecule has 21 heavy (non-hydrogen) atoms. The lowest BCUT2D eigenvalue weighted by molar-refractivity contribution is 0.0699. The third-order valence-corrected chi connectivity index (χ3v) is 4.38. The van der Waals surface area contributed by atoms with Gasteiger partial charge in [0, 0.05) is 18.0 Å². The Morgan fingerprint density at radius 2 is 2.00 bits per heavy atom. The van der Waals surface area contributed by atoms with E-state index in [1.807, 2.05) is 18.2 Å². The maximum absolute atomic E-state index is 11.3. The quantitative estimate of drug-likeness (QED) is 0.914. The summed E-state index contributed by atoms with van der Waals surface area (Å²) in [6, 6.07) is 9.82. The van der Waals surface area contributed by atoms with E-state index < -0.39 is 5.97 Å². The smallest absolute Gasteiger partial charge is 0.336 e. The van der Waals surface area contributed by atoms with Crippen molar-refractivity contribution in [3.05, 3.63) is 35.9 Å². The molecule has 1 heterocycles. The molecule has 0 bridgehead atoms. The second kappa shape index (κ2) is 4.72. The van der Waals surface area contributed by atoms with Crippen LogP contribution in [-0.2, 0) is 0 Å². The zero-order valence-electron chi connectivity index (χ0n) is 11.8. The predicted octanol–water partition coefficient (Wildman–Crippen LogP) is 3.31. The fourth-order valence-corrected chi connectivity index (χ4v) is 2.89. The third kappa shape index (κ3) is 2.46. The van der Waals surface area contributed by atoms with E-state index >= 15 is 0 Å². The number of aromatic nitrogens is 1. The molecule has 0 aliphatic heterocycles. The molecule has 1 N–H and O–H groups in total. The summed E-state index contributed by atoms with van der Waals surface area (Å²) in [5.74, 6) is 0.931. The summed E-state index contributed by atoms with van der Waals surface area (Å²) < 4.78 is 0. The fourth-order valence-electron chi connectivity index (χ4n) is 2.89. The van der Waals surface area contributed by atoms with Crippen molar-refractivity contribution in [2.45, 2.75) is 31.7 Å². The topological polar surface area (TPSA) is 53.4 Å². The molecule has 0 spiro atoms. The van der Waals surface area contributed by atoms with Crippen molar-refractivity contribution in [2.75, 3.05) is 11.4 Å². The number of pyridine rings is 1. The number of carboxylic acid groups (broad SMARTS) is 1. The highest BCUT2D eigenvalue weighted by atomic mass is 16.4. The van der Waals surface area contributed by atoms with Gasteiger partial charge in [-0.2, -0.15) is 0 Å². The Hall–Kier alpha value is -2.10. The van der Waals surface area contributed by atoms with Gasteiger partial charge >= 0.3 is 5.97 Å². The van der Waals surface area contributed by atoms with Crippen molar-refractivity contribution in [3.8, 4) is 0 Å². The Morgan fingerprint density at radius 3 is 2.67 bits per heavy atom. The standard InChI is InChI=1S/C17H18N2O2/c20-17(21)14-2-1-3-15-13(14)8-9-16(18-15)19(12-6-7-12)10-11-4-5-11/h1-3,8-9,11-12H,4-7,10H2,(H,20,21). The molecule has 2 aromatic rings. The first-order chi connectivity index (χ1) is 10.2. The van der Waals surface area contributed by atoms with E-state index in [2.05, 4.69) is 4.90 Å². The molecular weight excluding hydrogens is 264 g/mol. The molecule has 0 radical (unpaired) electrons. The number of aromatic carboxylic acids is 1. The van der Waals surface area contributed by atoms with Gasteiger partial charge in [-0.05, 0) is 55.9 Å². The van der Waals surface area contributed by atoms with Crippen LogP contribution in [-0.4, -0.2) is 28.6 Å². The van der Waals surface area contributed by atoms with Gasteiger partial charge in [0.15, 0.2) is 0 Å². The van der Waals surface area contributed by atoms with Gasteiger partial charge in [-0.1, -0.05) is 6.07 Å². The van der Waals surface area contributed by atoms with Gasteiger partial charge in [-0.25, -0.2) is 9.78 Å². The number of carbonyl (C=O) groups is 1. The molecule has 108 valence electrons. The van der Waals surface area contributed by atoms with Crippen molar-refractivity contribution in [1.29, 1.82) is 0 Å². The Bertz CT molecular complexity index is 705. The van der Waals surface area contributed by atoms with Gasteiger partial charge in [0.2, 0.25) is 0 Å². The number of benzene rings is 1. The van der Waals surface area contributed by atoms with Gasteiger partial charge in [-0.3, -0.25) is 0 Å². The number of rotatable bonds is 5. The van der Waals surface area contributed by atoms with E-state index in [0.29, 0.717) is 11.6 Å². The van der Waals surface area contributed by atoms with Crippen molar-refractivity contribution >= 4 is 22.7 Å². The second-order valence-electron chi connectivity index (χ2n) is 6.17. The monoisotopic (exact) mass is 282 g/mol. The van der Waals surface area contributed by atoms with Crippen LogP contribution in [0.25, 0.3) is 10.9 Å². The molecule has 0 unspecified atom stereocenters. The van der Waals surface area contributed by atoms with Crippen molar-refractivity contribution in [3.63, 3.8) is 0 Å². The summed E-state index contributed by atoms with van der Waals surface area (Å²) in [5, 5.41) is 9.97. The first-order valence-electron chi connectivity index (χ1n) is 7.62. The number of nitrogens with zero attached hydrogens (tertiary/aromatic N) is 2. The molecule has 1 aromatic carbocycles. The van der Waals surface area contributed by atoms with Gasteiger partial charge in [0.25, 0.3) is 0 Å². The lowest BCUT2D eigenvalue weighted by Gasteiger charge is -2.23. The SMILES string of the molecule is O=C(O)c1cccc2nc(N(CC3CC3)C3CC3)ccc12. The van der Waals surface area contributed by atoms with Crippen LogP contribution >= 0.6 is 0 Å². The number of hydrogen-bond donors (Lipinski definition) is 1.